The largest absolute Gasteiger partial charge is 0.392 e. The molecule has 0 radical (unpaired) electrons. The smallest absolute Gasteiger partial charge is 0.241 e. The number of carbonyl (C=O) groups is 1. The number of aliphatic hydroxyl groups excluding tert-OH is 1. The number of carbonyl (C=O) groups excluding carboxylic acids is 1. The van der Waals surface area contributed by atoms with Crippen LogP contribution in [0.15, 0.2) is 163 Å². The van der Waals surface area contributed by atoms with Gasteiger partial charge in [-0.05, 0) is 64.4 Å². The zero-order valence-electron chi connectivity index (χ0n) is 36.6. The number of benzene rings is 6. The number of nitrogens with zero attached hydrogens (tertiary/aromatic N) is 2. The highest BCUT2D eigenvalue weighted by Crippen LogP contribution is 2.42. The Morgan fingerprint density at radius 2 is 1.31 bits per heavy atom. The first-order valence-electron chi connectivity index (χ1n) is 22.2. The molecular formula is C53H58N4O6S. The summed E-state index contributed by atoms with van der Waals surface area (Å²) in [4.78, 5) is 19.0. The van der Waals surface area contributed by atoms with Crippen LogP contribution in [0, 0.1) is 12.8 Å². The van der Waals surface area contributed by atoms with E-state index in [9.17, 15) is 18.3 Å². The fourth-order valence-electron chi connectivity index (χ4n) is 8.65. The Balaban J connectivity index is 0.964. The predicted octanol–water partition coefficient (Wildman–Crippen LogP) is 7.97. The van der Waals surface area contributed by atoms with Gasteiger partial charge in [-0.15, -0.1) is 0 Å². The van der Waals surface area contributed by atoms with Crippen LogP contribution in [-0.4, -0.2) is 74.1 Å². The van der Waals surface area contributed by atoms with Gasteiger partial charge in [0.1, 0.15) is 6.04 Å². The van der Waals surface area contributed by atoms with Gasteiger partial charge in [0.2, 0.25) is 15.9 Å². The minimum Gasteiger partial charge on any atom is -0.392 e. The van der Waals surface area contributed by atoms with Gasteiger partial charge in [0, 0.05) is 57.3 Å². The molecule has 0 aromatic heterocycles. The molecule has 6 aromatic rings. The zero-order chi connectivity index (χ0) is 44.5. The maximum Gasteiger partial charge on any atom is 0.241 e. The van der Waals surface area contributed by atoms with E-state index in [4.69, 9.17) is 9.47 Å². The number of rotatable bonds is 16. The highest BCUT2D eigenvalue weighted by atomic mass is 32.2. The molecule has 2 aliphatic heterocycles. The van der Waals surface area contributed by atoms with Gasteiger partial charge in [0.15, 0.2) is 6.29 Å². The number of nitrogens with one attached hydrogen (secondary N) is 2. The zero-order valence-corrected chi connectivity index (χ0v) is 37.4. The second-order valence-corrected chi connectivity index (χ2v) is 18.8. The molecule has 1 amide bonds. The molecule has 5 atom stereocenters. The number of aryl methyl sites for hydroxylation is 1. The summed E-state index contributed by atoms with van der Waals surface area (Å²) in [6.07, 6.45) is -0.714. The molecule has 0 bridgehead atoms. The van der Waals surface area contributed by atoms with Crippen LogP contribution < -0.4 is 10.0 Å². The van der Waals surface area contributed by atoms with Crippen molar-refractivity contribution in [3.05, 3.63) is 197 Å². The number of piperazine rings is 1. The van der Waals surface area contributed by atoms with Crippen LogP contribution in [0.5, 0.6) is 0 Å². The lowest BCUT2D eigenvalue weighted by atomic mass is 9.89. The summed E-state index contributed by atoms with van der Waals surface area (Å²) in [6, 6.07) is 49.7. The third-order valence-electron chi connectivity index (χ3n) is 12.5. The Kier molecular flexibility index (Phi) is 14.8. The fraction of sp³-hybridized carbons (Fsp3) is 0.302. The summed E-state index contributed by atoms with van der Waals surface area (Å²) < 4.78 is 43.3. The van der Waals surface area contributed by atoms with E-state index in [0.29, 0.717) is 0 Å². The van der Waals surface area contributed by atoms with Gasteiger partial charge >= 0.3 is 0 Å². The monoisotopic (exact) mass is 878 g/mol. The lowest BCUT2D eigenvalue weighted by Gasteiger charge is -2.44. The SMILES string of the molecule is Cc1ccc(S(=O)(=O)N[C@H](Cc2ccccc2)C(=O)NCc2ccccc2-c2ccc([C@H]3O[C@@H](CN4CCN(Cc5ccccc5)CC4)[C@@H](C)[C@@H](c4ccc(CO)cc4)O3)cc2)cc1. The average molecular weight is 879 g/mol. The van der Waals surface area contributed by atoms with Crippen LogP contribution in [0.1, 0.15) is 58.3 Å². The van der Waals surface area contributed by atoms with Crippen molar-refractivity contribution in [1.82, 2.24) is 19.8 Å². The van der Waals surface area contributed by atoms with E-state index in [2.05, 4.69) is 81.4 Å². The normalized spacial score (nSPS) is 20.1. The lowest BCUT2D eigenvalue weighted by molar-refractivity contribution is -0.276. The van der Waals surface area contributed by atoms with Gasteiger partial charge in [-0.2, -0.15) is 4.72 Å². The van der Waals surface area contributed by atoms with Gasteiger partial charge in [-0.25, -0.2) is 8.42 Å². The molecule has 2 heterocycles. The van der Waals surface area contributed by atoms with Crippen LogP contribution in [0.3, 0.4) is 0 Å². The second-order valence-electron chi connectivity index (χ2n) is 17.1. The van der Waals surface area contributed by atoms with Gasteiger partial charge in [-0.1, -0.05) is 158 Å². The van der Waals surface area contributed by atoms with Crippen molar-refractivity contribution in [3.8, 4) is 11.1 Å². The molecule has 8 rings (SSSR count). The quantitative estimate of drug-likeness (QED) is 0.0897. The highest BCUT2D eigenvalue weighted by molar-refractivity contribution is 7.89. The number of aliphatic hydroxyl groups is 1. The van der Waals surface area contributed by atoms with E-state index < -0.39 is 28.3 Å². The maximum absolute atomic E-state index is 13.9. The summed E-state index contributed by atoms with van der Waals surface area (Å²) >= 11 is 0. The predicted molar refractivity (Wildman–Crippen MR) is 250 cm³/mol. The molecule has 0 aliphatic carbocycles. The Hall–Kier alpha value is -5.50. The number of ether oxygens (including phenoxy) is 2. The molecule has 3 N–H and O–H groups in total. The van der Waals surface area contributed by atoms with Crippen molar-refractivity contribution < 1.29 is 27.8 Å². The molecule has 0 saturated carbocycles. The van der Waals surface area contributed by atoms with Crippen LogP contribution in [-0.2, 0) is 50.4 Å². The standard InChI is InChI=1S/C53H58N4O6S/c1-38-17-27-47(28-18-38)64(60,61)55-49(33-40-11-5-3-6-12-40)52(59)54-34-46-15-9-10-16-48(46)43-23-25-45(26-24-43)53-62-50(39(2)51(63-53)44-21-19-42(37-58)20-22-44)36-57-31-29-56(30-32-57)35-41-13-7-4-8-14-41/h3-28,39,49-51,53,55,58H,29-37H2,1-2H3,(H,54,59)/t39-,49-,50+,51+,53+/m1/s1. The Morgan fingerprint density at radius 3 is 1.98 bits per heavy atom. The molecule has 6 aromatic carbocycles. The van der Waals surface area contributed by atoms with E-state index in [-0.39, 0.29) is 42.6 Å². The van der Waals surface area contributed by atoms with E-state index >= 15 is 0 Å². The Morgan fingerprint density at radius 1 is 0.703 bits per heavy atom. The highest BCUT2D eigenvalue weighted by Gasteiger charge is 2.39. The minimum absolute atomic E-state index is 0.0152. The van der Waals surface area contributed by atoms with E-state index in [1.54, 1.807) is 24.3 Å². The maximum atomic E-state index is 13.9. The van der Waals surface area contributed by atoms with Crippen molar-refractivity contribution in [1.29, 1.82) is 0 Å². The van der Waals surface area contributed by atoms with Crippen LogP contribution >= 0.6 is 0 Å². The van der Waals surface area contributed by atoms with Crippen LogP contribution in [0.2, 0.25) is 0 Å². The fourth-order valence-corrected chi connectivity index (χ4v) is 9.84. The average Bonchev–Trinajstić information content (AvgIpc) is 3.33. The van der Waals surface area contributed by atoms with Gasteiger partial charge in [0.25, 0.3) is 0 Å². The van der Waals surface area contributed by atoms with Gasteiger partial charge in [0.05, 0.1) is 23.7 Å². The van der Waals surface area contributed by atoms with E-state index in [0.717, 1.165) is 83.8 Å². The first-order valence-corrected chi connectivity index (χ1v) is 23.7. The number of amides is 1. The summed E-state index contributed by atoms with van der Waals surface area (Å²) in [5, 5.41) is 12.8. The first kappa shape index (κ1) is 45.1. The minimum atomic E-state index is -3.98. The number of sulfonamides is 1. The summed E-state index contributed by atoms with van der Waals surface area (Å²) in [5.74, 6) is -0.347. The molecular weight excluding hydrogens is 821 g/mol. The third kappa shape index (κ3) is 11.4. The van der Waals surface area contributed by atoms with Crippen molar-refractivity contribution >= 4 is 15.9 Å². The third-order valence-corrected chi connectivity index (χ3v) is 14.0. The molecule has 10 nitrogen and oxygen atoms in total. The number of hydrogen-bond acceptors (Lipinski definition) is 8. The molecule has 2 saturated heterocycles. The topological polar surface area (TPSA) is 120 Å². The second kappa shape index (κ2) is 21.0. The summed E-state index contributed by atoms with van der Waals surface area (Å²) in [6.45, 7) is 9.95. The summed E-state index contributed by atoms with van der Waals surface area (Å²) in [7, 11) is -3.98. The molecule has 64 heavy (non-hydrogen) atoms. The van der Waals surface area contributed by atoms with E-state index in [1.807, 2.05) is 85.8 Å². The Bertz CT molecular complexity index is 2530. The lowest BCUT2D eigenvalue weighted by Crippen LogP contribution is -2.51. The van der Waals surface area contributed by atoms with Gasteiger partial charge in [-0.3, -0.25) is 14.6 Å². The van der Waals surface area contributed by atoms with Crippen molar-refractivity contribution in [3.63, 3.8) is 0 Å². The molecule has 2 fully saturated rings. The van der Waals surface area contributed by atoms with E-state index in [1.165, 1.54) is 5.56 Å². The molecule has 0 unspecified atom stereocenters. The van der Waals surface area contributed by atoms with Crippen molar-refractivity contribution in [2.75, 3.05) is 32.7 Å². The molecule has 0 spiro atoms. The van der Waals surface area contributed by atoms with Crippen molar-refractivity contribution in [2.24, 2.45) is 5.92 Å². The molecule has 11 heteroatoms. The molecule has 332 valence electrons. The summed E-state index contributed by atoms with van der Waals surface area (Å²) in [5.41, 5.74) is 8.71. The van der Waals surface area contributed by atoms with Crippen LogP contribution in [0.25, 0.3) is 11.1 Å². The van der Waals surface area contributed by atoms with Gasteiger partial charge < -0.3 is 19.9 Å². The first-order chi connectivity index (χ1) is 31.1. The Labute approximate surface area is 377 Å². The van der Waals surface area contributed by atoms with Crippen LogP contribution in [0.4, 0.5) is 0 Å². The number of hydrogen-bond donors (Lipinski definition) is 3. The van der Waals surface area contributed by atoms with Crippen molar-refractivity contribution in [2.45, 2.75) is 69.4 Å². The molecule has 2 aliphatic rings.